The molecule has 2 aliphatic rings. The van der Waals surface area contributed by atoms with Gasteiger partial charge in [0.1, 0.15) is 0 Å². The molecule has 11 heteroatoms. The van der Waals surface area contributed by atoms with Crippen molar-refractivity contribution in [1.82, 2.24) is 14.4 Å². The van der Waals surface area contributed by atoms with Crippen molar-refractivity contribution in [1.29, 1.82) is 0 Å². The molecule has 0 aliphatic carbocycles. The Balaban J connectivity index is 0.000000490. The summed E-state index contributed by atoms with van der Waals surface area (Å²) in [5.74, 6) is 0.735. The van der Waals surface area contributed by atoms with E-state index in [2.05, 4.69) is 62.7 Å². The highest BCUT2D eigenvalue weighted by Crippen LogP contribution is 2.28. The van der Waals surface area contributed by atoms with E-state index in [9.17, 15) is 8.42 Å². The highest BCUT2D eigenvalue weighted by atomic mass is 32.2. The first kappa shape index (κ1) is 26.3. The average molecular weight is 523 g/mol. The molecule has 4 aromatic rings. The second kappa shape index (κ2) is 11.1. The van der Waals surface area contributed by atoms with Gasteiger partial charge in [-0.05, 0) is 41.5 Å². The molecule has 0 unspecified atom stereocenters. The minimum Gasteiger partial charge on any atom is -0.378 e. The second-order valence-corrected chi connectivity index (χ2v) is 9.99. The van der Waals surface area contributed by atoms with E-state index in [1.165, 1.54) is 16.8 Å². The van der Waals surface area contributed by atoms with E-state index in [1.54, 1.807) is 6.20 Å². The van der Waals surface area contributed by atoms with Gasteiger partial charge in [0.25, 0.3) is 10.1 Å². The van der Waals surface area contributed by atoms with Crippen LogP contribution in [0.25, 0.3) is 16.9 Å². The standard InChI is InChI=1S/C24H22N6O.CH4O3S.CH4/c1-2-18-14-25-15-19(18)13-17(1)22-16-30-8-7-26-24(30)23(28-22)27-20-3-5-21(6-4-20)29-9-11-31-12-10-29;1-5(2,3)4;/h1-8,13-14,16H,9-12,15H2,(H,27,28);1H3,(H,2,3,4);1H4. The second-order valence-electron chi connectivity index (χ2n) is 8.52. The molecule has 2 aromatic carbocycles. The molecule has 2 aliphatic heterocycles. The van der Waals surface area contributed by atoms with E-state index in [1.807, 2.05) is 23.0 Å². The fourth-order valence-electron chi connectivity index (χ4n) is 4.14. The number of hydrogen-bond acceptors (Lipinski definition) is 8. The van der Waals surface area contributed by atoms with Gasteiger partial charge in [0.2, 0.25) is 0 Å². The summed E-state index contributed by atoms with van der Waals surface area (Å²) in [5, 5.41) is 3.46. The predicted octanol–water partition coefficient (Wildman–Crippen LogP) is 4.05. The molecular formula is C26H30N6O4S. The predicted molar refractivity (Wildman–Crippen MR) is 147 cm³/mol. The summed E-state index contributed by atoms with van der Waals surface area (Å²) in [4.78, 5) is 16.1. The van der Waals surface area contributed by atoms with Crippen LogP contribution in [0, 0.1) is 0 Å². The summed E-state index contributed by atoms with van der Waals surface area (Å²) >= 11 is 0. The number of imidazole rings is 1. The zero-order valence-corrected chi connectivity index (χ0v) is 20.5. The van der Waals surface area contributed by atoms with Crippen LogP contribution in [-0.2, 0) is 21.4 Å². The Bertz CT molecular complexity index is 1500. The van der Waals surface area contributed by atoms with Crippen LogP contribution < -0.4 is 10.2 Å². The molecule has 0 atom stereocenters. The summed E-state index contributed by atoms with van der Waals surface area (Å²) < 4.78 is 33.3. The van der Waals surface area contributed by atoms with Crippen LogP contribution in [0.15, 0.2) is 66.0 Å². The van der Waals surface area contributed by atoms with E-state index in [0.29, 0.717) is 6.26 Å². The topological polar surface area (TPSA) is 121 Å². The zero-order chi connectivity index (χ0) is 25.1. The van der Waals surface area contributed by atoms with Crippen molar-refractivity contribution in [3.63, 3.8) is 0 Å². The molecule has 1 saturated heterocycles. The van der Waals surface area contributed by atoms with Gasteiger partial charge in [0.15, 0.2) is 11.5 Å². The third kappa shape index (κ3) is 6.50. The lowest BCUT2D eigenvalue weighted by molar-refractivity contribution is 0.122. The number of rotatable bonds is 4. The van der Waals surface area contributed by atoms with Gasteiger partial charge in [0.05, 0.1) is 31.7 Å². The van der Waals surface area contributed by atoms with E-state index in [0.717, 1.165) is 61.3 Å². The molecular weight excluding hydrogens is 492 g/mol. The third-order valence-corrected chi connectivity index (χ3v) is 5.81. The summed E-state index contributed by atoms with van der Waals surface area (Å²) in [6.07, 6.45) is 8.41. The molecule has 1 fully saturated rings. The van der Waals surface area contributed by atoms with Crippen molar-refractivity contribution in [3.05, 3.63) is 72.2 Å². The van der Waals surface area contributed by atoms with E-state index in [4.69, 9.17) is 14.3 Å². The van der Waals surface area contributed by atoms with Crippen LogP contribution in [0.3, 0.4) is 0 Å². The first-order valence-electron chi connectivity index (χ1n) is 11.4. The number of nitrogens with one attached hydrogen (secondary N) is 1. The molecule has 2 aromatic heterocycles. The SMILES string of the molecule is C.C1=NCc2cc(-c3cn4ccnc4c(Nc4ccc(N5CCOCC5)cc4)n3)ccc21.CS(=O)(=O)O. The number of ether oxygens (including phenoxy) is 1. The van der Waals surface area contributed by atoms with Gasteiger partial charge in [-0.1, -0.05) is 19.6 Å². The maximum atomic E-state index is 9.19. The Hall–Kier alpha value is -3.80. The highest BCUT2D eigenvalue weighted by molar-refractivity contribution is 7.85. The Kier molecular flexibility index (Phi) is 7.86. The fourth-order valence-corrected chi connectivity index (χ4v) is 4.14. The maximum absolute atomic E-state index is 9.19. The highest BCUT2D eigenvalue weighted by Gasteiger charge is 2.14. The number of morpholine rings is 1. The molecule has 4 heterocycles. The van der Waals surface area contributed by atoms with Gasteiger partial charge in [-0.2, -0.15) is 8.42 Å². The van der Waals surface area contributed by atoms with Crippen LogP contribution in [0.1, 0.15) is 18.6 Å². The number of aromatic nitrogens is 3. The Labute approximate surface area is 216 Å². The number of nitrogens with zero attached hydrogens (tertiary/aromatic N) is 5. The summed E-state index contributed by atoms with van der Waals surface area (Å²) in [6.45, 7) is 4.15. The Morgan fingerprint density at radius 1 is 1.08 bits per heavy atom. The molecule has 0 spiro atoms. The van der Waals surface area contributed by atoms with Crippen molar-refractivity contribution in [3.8, 4) is 11.3 Å². The minimum absolute atomic E-state index is 0. The lowest BCUT2D eigenvalue weighted by Gasteiger charge is -2.28. The number of hydrogen-bond donors (Lipinski definition) is 2. The smallest absolute Gasteiger partial charge is 0.261 e. The van der Waals surface area contributed by atoms with Crippen LogP contribution in [0.2, 0.25) is 0 Å². The Morgan fingerprint density at radius 3 is 2.54 bits per heavy atom. The van der Waals surface area contributed by atoms with E-state index < -0.39 is 10.1 Å². The number of benzene rings is 2. The van der Waals surface area contributed by atoms with Gasteiger partial charge in [-0.15, -0.1) is 0 Å². The van der Waals surface area contributed by atoms with Crippen molar-refractivity contribution < 1.29 is 17.7 Å². The molecule has 0 amide bonds. The summed E-state index contributed by atoms with van der Waals surface area (Å²) in [6, 6.07) is 14.8. The summed E-state index contributed by atoms with van der Waals surface area (Å²) in [7, 11) is -3.67. The summed E-state index contributed by atoms with van der Waals surface area (Å²) in [5.41, 5.74) is 7.38. The van der Waals surface area contributed by atoms with Gasteiger partial charge in [0, 0.05) is 54.8 Å². The molecule has 6 rings (SSSR count). The first-order chi connectivity index (χ1) is 17.3. The van der Waals surface area contributed by atoms with E-state index in [-0.39, 0.29) is 7.43 Å². The first-order valence-corrected chi connectivity index (χ1v) is 13.3. The van der Waals surface area contributed by atoms with Gasteiger partial charge < -0.3 is 19.4 Å². The minimum atomic E-state index is -3.67. The number of anilines is 3. The molecule has 0 bridgehead atoms. The van der Waals surface area contributed by atoms with Crippen LogP contribution in [0.4, 0.5) is 17.2 Å². The molecule has 0 saturated carbocycles. The lowest BCUT2D eigenvalue weighted by atomic mass is 10.0. The van der Waals surface area contributed by atoms with Gasteiger partial charge >= 0.3 is 0 Å². The molecule has 2 N–H and O–H groups in total. The molecule has 0 radical (unpaired) electrons. The quantitative estimate of drug-likeness (QED) is 0.385. The monoisotopic (exact) mass is 522 g/mol. The number of aliphatic imine (C=N–C) groups is 1. The maximum Gasteiger partial charge on any atom is 0.261 e. The van der Waals surface area contributed by atoms with Crippen molar-refractivity contribution in [2.24, 2.45) is 4.99 Å². The zero-order valence-electron chi connectivity index (χ0n) is 19.7. The molecule has 194 valence electrons. The largest absolute Gasteiger partial charge is 0.378 e. The van der Waals surface area contributed by atoms with Gasteiger partial charge in [-0.25, -0.2) is 9.97 Å². The Morgan fingerprint density at radius 2 is 1.81 bits per heavy atom. The molecule has 37 heavy (non-hydrogen) atoms. The van der Waals surface area contributed by atoms with Crippen LogP contribution in [0.5, 0.6) is 0 Å². The third-order valence-electron chi connectivity index (χ3n) is 5.81. The van der Waals surface area contributed by atoms with Crippen molar-refractivity contribution in [2.75, 3.05) is 42.8 Å². The lowest BCUT2D eigenvalue weighted by Crippen LogP contribution is -2.36. The fraction of sp³-hybridized carbons (Fsp3) is 0.269. The van der Waals surface area contributed by atoms with Crippen LogP contribution in [-0.4, -0.2) is 66.1 Å². The van der Waals surface area contributed by atoms with Crippen LogP contribution >= 0.6 is 0 Å². The van der Waals surface area contributed by atoms with Crippen molar-refractivity contribution >= 4 is 39.2 Å². The van der Waals surface area contributed by atoms with Gasteiger partial charge in [-0.3, -0.25) is 9.55 Å². The number of fused-ring (bicyclic) bond motifs is 2. The van der Waals surface area contributed by atoms with Crippen molar-refractivity contribution in [2.45, 2.75) is 14.0 Å². The van der Waals surface area contributed by atoms with E-state index >= 15 is 0 Å². The average Bonchev–Trinajstić information content (AvgIpc) is 3.53. The molecule has 10 nitrogen and oxygen atoms in total. The normalized spacial score (nSPS) is 14.5.